The second kappa shape index (κ2) is 5.61. The van der Waals surface area contributed by atoms with Gasteiger partial charge in [0.1, 0.15) is 16.9 Å². The van der Waals surface area contributed by atoms with E-state index in [2.05, 4.69) is 15.9 Å². The normalized spacial score (nSPS) is 28.6. The molecular weight excluding hydrogens is 396 g/mol. The monoisotopic (exact) mass is 412 g/mol. The summed E-state index contributed by atoms with van der Waals surface area (Å²) in [6, 6.07) is 14.2. The van der Waals surface area contributed by atoms with E-state index in [1.807, 2.05) is 19.1 Å². The zero-order chi connectivity index (χ0) is 18.7. The van der Waals surface area contributed by atoms with Crippen LogP contribution in [0.25, 0.3) is 0 Å². The Labute approximate surface area is 159 Å². The summed E-state index contributed by atoms with van der Waals surface area (Å²) in [7, 11) is 0. The topological polar surface area (TPSA) is 60.4 Å². The van der Waals surface area contributed by atoms with Crippen LogP contribution in [0.1, 0.15) is 42.1 Å². The molecule has 0 amide bonds. The Hall–Kier alpha value is -2.27. The fourth-order valence-electron chi connectivity index (χ4n) is 4.81. The molecule has 26 heavy (non-hydrogen) atoms. The maximum absolute atomic E-state index is 13.5. The maximum Gasteiger partial charge on any atom is 0.326 e. The highest BCUT2D eigenvalue weighted by Crippen LogP contribution is 2.80. The first kappa shape index (κ1) is 17.2. The molecule has 0 radical (unpaired) electrons. The largest absolute Gasteiger partial charge is 0.425 e. The van der Waals surface area contributed by atoms with E-state index in [1.54, 1.807) is 36.4 Å². The Kier molecular flexibility index (Phi) is 3.70. The molecule has 2 aliphatic rings. The standard InChI is InChI=1S/C21H17BrO4/c1-3-20(18(24)13-7-5-4-6-8-13)17-15-11-14(22)9-10-16(15)26-19(25)21(17,20)12(2)23/h4-11,17H,3H2,1-2H3. The minimum absolute atomic E-state index is 0.175. The summed E-state index contributed by atoms with van der Waals surface area (Å²) in [5, 5.41) is 0. The molecule has 2 aromatic carbocycles. The van der Waals surface area contributed by atoms with Gasteiger partial charge in [0, 0.05) is 21.5 Å². The van der Waals surface area contributed by atoms with Crippen molar-refractivity contribution in [1.29, 1.82) is 0 Å². The van der Waals surface area contributed by atoms with Crippen LogP contribution in [0, 0.1) is 10.8 Å². The summed E-state index contributed by atoms with van der Waals surface area (Å²) in [6.07, 6.45) is 0.381. The van der Waals surface area contributed by atoms with Crippen LogP contribution >= 0.6 is 15.9 Å². The summed E-state index contributed by atoms with van der Waals surface area (Å²) in [5.74, 6) is -1.18. The van der Waals surface area contributed by atoms with Gasteiger partial charge in [0.15, 0.2) is 5.78 Å². The van der Waals surface area contributed by atoms with Crippen LogP contribution < -0.4 is 4.74 Å². The molecule has 5 heteroatoms. The quantitative estimate of drug-likeness (QED) is 0.324. The summed E-state index contributed by atoms with van der Waals surface area (Å²) in [5.41, 5.74) is -1.31. The summed E-state index contributed by atoms with van der Waals surface area (Å²) >= 11 is 3.44. The molecule has 1 aliphatic carbocycles. The van der Waals surface area contributed by atoms with Crippen LogP contribution in [0.3, 0.4) is 0 Å². The van der Waals surface area contributed by atoms with Gasteiger partial charge in [-0.15, -0.1) is 0 Å². The third kappa shape index (κ3) is 1.87. The van der Waals surface area contributed by atoms with Crippen molar-refractivity contribution in [1.82, 2.24) is 0 Å². The van der Waals surface area contributed by atoms with Crippen LogP contribution in [0.5, 0.6) is 5.75 Å². The van der Waals surface area contributed by atoms with Gasteiger partial charge in [-0.2, -0.15) is 0 Å². The van der Waals surface area contributed by atoms with Crippen LogP contribution in [0.15, 0.2) is 53.0 Å². The fourth-order valence-corrected chi connectivity index (χ4v) is 5.19. The minimum Gasteiger partial charge on any atom is -0.425 e. The molecular formula is C21H17BrO4. The Morgan fingerprint density at radius 1 is 1.15 bits per heavy atom. The van der Waals surface area contributed by atoms with Crippen molar-refractivity contribution >= 4 is 33.5 Å². The lowest BCUT2D eigenvalue weighted by molar-refractivity contribution is -0.148. The molecule has 1 heterocycles. The number of ether oxygens (including phenoxy) is 1. The van der Waals surface area contributed by atoms with Crippen LogP contribution in [0.4, 0.5) is 0 Å². The molecule has 3 unspecified atom stereocenters. The highest BCUT2D eigenvalue weighted by atomic mass is 79.9. The molecule has 2 aromatic rings. The number of carbonyl (C=O) groups is 3. The zero-order valence-electron chi connectivity index (χ0n) is 14.4. The number of halogens is 1. The van der Waals surface area contributed by atoms with Crippen molar-refractivity contribution < 1.29 is 19.1 Å². The summed E-state index contributed by atoms with van der Waals surface area (Å²) < 4.78 is 6.33. The van der Waals surface area contributed by atoms with E-state index in [4.69, 9.17) is 4.74 Å². The van der Waals surface area contributed by atoms with E-state index in [-0.39, 0.29) is 11.6 Å². The Morgan fingerprint density at radius 2 is 1.85 bits per heavy atom. The molecule has 1 saturated carbocycles. The molecule has 0 saturated heterocycles. The van der Waals surface area contributed by atoms with E-state index < -0.39 is 22.7 Å². The van der Waals surface area contributed by atoms with Gasteiger partial charge < -0.3 is 4.74 Å². The highest BCUT2D eigenvalue weighted by Gasteiger charge is 2.87. The number of ketones is 2. The van der Waals surface area contributed by atoms with Crippen molar-refractivity contribution in [2.24, 2.45) is 10.8 Å². The number of rotatable bonds is 4. The van der Waals surface area contributed by atoms with Crippen LogP contribution in [-0.2, 0) is 9.59 Å². The van der Waals surface area contributed by atoms with Crippen LogP contribution in [-0.4, -0.2) is 17.5 Å². The van der Waals surface area contributed by atoms with Gasteiger partial charge in [-0.05, 0) is 31.5 Å². The van der Waals surface area contributed by atoms with E-state index in [0.29, 0.717) is 17.7 Å². The van der Waals surface area contributed by atoms with E-state index in [0.717, 1.165) is 10.0 Å². The van der Waals surface area contributed by atoms with Gasteiger partial charge in [0.25, 0.3) is 0 Å². The van der Waals surface area contributed by atoms with Crippen molar-refractivity contribution in [2.45, 2.75) is 26.2 Å². The van der Waals surface area contributed by atoms with E-state index in [1.165, 1.54) is 6.92 Å². The van der Waals surface area contributed by atoms with Crippen molar-refractivity contribution in [3.63, 3.8) is 0 Å². The second-order valence-corrected chi connectivity index (χ2v) is 7.80. The highest BCUT2D eigenvalue weighted by molar-refractivity contribution is 9.10. The molecule has 0 N–H and O–H groups in total. The van der Waals surface area contributed by atoms with E-state index in [9.17, 15) is 14.4 Å². The average molecular weight is 413 g/mol. The predicted molar refractivity (Wildman–Crippen MR) is 99.1 cm³/mol. The number of hydrogen-bond donors (Lipinski definition) is 0. The lowest BCUT2D eigenvalue weighted by Crippen LogP contribution is -2.38. The second-order valence-electron chi connectivity index (χ2n) is 6.89. The Morgan fingerprint density at radius 3 is 2.46 bits per heavy atom. The van der Waals surface area contributed by atoms with Gasteiger partial charge in [-0.1, -0.05) is 53.2 Å². The van der Waals surface area contributed by atoms with Crippen LogP contribution in [0.2, 0.25) is 0 Å². The minimum atomic E-state index is -1.44. The number of fused-ring (bicyclic) bond motifs is 3. The molecule has 132 valence electrons. The molecule has 4 nitrogen and oxygen atoms in total. The maximum atomic E-state index is 13.5. The Bertz CT molecular complexity index is 952. The summed E-state index contributed by atoms with van der Waals surface area (Å²) in [6.45, 7) is 3.24. The first-order chi connectivity index (χ1) is 12.4. The third-order valence-corrected chi connectivity index (χ3v) is 6.40. The third-order valence-electron chi connectivity index (χ3n) is 5.91. The Balaban J connectivity index is 1.97. The number of esters is 1. The SMILES string of the molecule is CCC1(C(=O)c2ccccc2)C2c3cc(Br)ccc3OC(=O)C21C(C)=O. The van der Waals surface area contributed by atoms with Crippen molar-refractivity contribution in [3.05, 3.63) is 64.1 Å². The van der Waals surface area contributed by atoms with Gasteiger partial charge in [0.05, 0.1) is 5.41 Å². The molecule has 0 bridgehead atoms. The molecule has 1 fully saturated rings. The fraction of sp³-hybridized carbons (Fsp3) is 0.286. The van der Waals surface area contributed by atoms with Gasteiger partial charge >= 0.3 is 5.97 Å². The molecule has 1 aliphatic heterocycles. The molecule has 3 atom stereocenters. The number of benzene rings is 2. The molecule has 4 rings (SSSR count). The van der Waals surface area contributed by atoms with Gasteiger partial charge in [0.2, 0.25) is 0 Å². The zero-order valence-corrected chi connectivity index (χ0v) is 16.0. The predicted octanol–water partition coefficient (Wildman–Crippen LogP) is 4.32. The van der Waals surface area contributed by atoms with Gasteiger partial charge in [-0.25, -0.2) is 0 Å². The number of Topliss-reactive ketones (excluding diaryl/α,β-unsaturated/α-hetero) is 2. The first-order valence-corrected chi connectivity index (χ1v) is 9.33. The van der Waals surface area contributed by atoms with Crippen molar-refractivity contribution in [2.75, 3.05) is 0 Å². The number of hydrogen-bond acceptors (Lipinski definition) is 4. The van der Waals surface area contributed by atoms with Gasteiger partial charge in [-0.3, -0.25) is 14.4 Å². The van der Waals surface area contributed by atoms with Crippen molar-refractivity contribution in [3.8, 4) is 5.75 Å². The lowest BCUT2D eigenvalue weighted by Gasteiger charge is -2.22. The first-order valence-electron chi connectivity index (χ1n) is 8.54. The van der Waals surface area contributed by atoms with E-state index >= 15 is 0 Å². The molecule has 0 spiro atoms. The summed E-state index contributed by atoms with van der Waals surface area (Å²) in [4.78, 5) is 39.2. The average Bonchev–Trinajstić information content (AvgIpc) is 3.30. The lowest BCUT2D eigenvalue weighted by atomic mass is 9.81. The molecule has 0 aromatic heterocycles. The smallest absolute Gasteiger partial charge is 0.326 e. The number of carbonyl (C=O) groups excluding carboxylic acids is 3.